The van der Waals surface area contributed by atoms with E-state index in [0.29, 0.717) is 0 Å². The van der Waals surface area contributed by atoms with Crippen LogP contribution in [-0.4, -0.2) is 0 Å². The summed E-state index contributed by atoms with van der Waals surface area (Å²) in [5.41, 5.74) is 8.55. The van der Waals surface area contributed by atoms with Gasteiger partial charge in [-0.05, 0) is 58.9 Å². The Balaban J connectivity index is 2.15. The summed E-state index contributed by atoms with van der Waals surface area (Å²) in [6, 6.07) is 27.9. The van der Waals surface area contributed by atoms with Crippen molar-refractivity contribution in [2.24, 2.45) is 0 Å². The van der Waals surface area contributed by atoms with Gasteiger partial charge in [-0.1, -0.05) is 97.6 Å². The van der Waals surface area contributed by atoms with Gasteiger partial charge in [0.1, 0.15) is 0 Å². The third kappa shape index (κ3) is 3.75. The summed E-state index contributed by atoms with van der Waals surface area (Å²) < 4.78 is 0. The Bertz CT molecular complexity index is 956. The minimum absolute atomic E-state index is 1.18. The van der Waals surface area contributed by atoms with Gasteiger partial charge >= 0.3 is 0 Å². The van der Waals surface area contributed by atoms with Crippen LogP contribution in [0.1, 0.15) is 19.4 Å². The molecular weight excluding hydrogens is 312 g/mol. The summed E-state index contributed by atoms with van der Waals surface area (Å²) >= 11 is 0. The van der Waals surface area contributed by atoms with Gasteiger partial charge in [0.25, 0.3) is 0 Å². The van der Waals surface area contributed by atoms with E-state index in [-0.39, 0.29) is 0 Å². The fraction of sp³-hybridized carbons (Fsp3) is 0.0769. The van der Waals surface area contributed by atoms with Crippen molar-refractivity contribution in [3.63, 3.8) is 0 Å². The second kappa shape index (κ2) is 8.31. The van der Waals surface area contributed by atoms with Crippen molar-refractivity contribution in [3.8, 4) is 22.3 Å². The summed E-state index contributed by atoms with van der Waals surface area (Å²) in [4.78, 5) is 0. The lowest BCUT2D eigenvalue weighted by Crippen LogP contribution is -1.89. The average Bonchev–Trinajstić information content (AvgIpc) is 2.72. The van der Waals surface area contributed by atoms with Gasteiger partial charge in [0.2, 0.25) is 0 Å². The maximum absolute atomic E-state index is 3.93. The molecular formula is C26H24. The Kier molecular flexibility index (Phi) is 5.66. The Hall–Kier alpha value is -3.12. The normalized spacial score (nSPS) is 12.1. The number of hydrogen-bond acceptors (Lipinski definition) is 0. The van der Waals surface area contributed by atoms with Crippen LogP contribution in [0.3, 0.4) is 0 Å². The maximum atomic E-state index is 3.93. The monoisotopic (exact) mass is 336 g/mol. The zero-order valence-corrected chi connectivity index (χ0v) is 15.4. The zero-order chi connectivity index (χ0) is 18.4. The molecule has 0 radical (unpaired) electrons. The molecule has 0 heteroatoms. The summed E-state index contributed by atoms with van der Waals surface area (Å²) in [6.45, 7) is 8.08. The van der Waals surface area contributed by atoms with E-state index in [1.54, 1.807) is 0 Å². The standard InChI is InChI=1S/C26H24/c1-4-12-24(20(3)5-2)22-15-11-16-23(19-22)26-18-10-9-17-25(26)21-13-7-6-8-14-21/h4-19H,2H2,1,3H3. The minimum atomic E-state index is 1.18. The quantitative estimate of drug-likeness (QED) is 0.422. The van der Waals surface area contributed by atoms with Crippen molar-refractivity contribution < 1.29 is 0 Å². The smallest absolute Gasteiger partial charge is 0.0105 e. The van der Waals surface area contributed by atoms with Crippen molar-refractivity contribution in [2.75, 3.05) is 0 Å². The van der Waals surface area contributed by atoms with Crippen molar-refractivity contribution in [1.29, 1.82) is 0 Å². The van der Waals surface area contributed by atoms with Gasteiger partial charge in [-0.3, -0.25) is 0 Å². The lowest BCUT2D eigenvalue weighted by atomic mass is 9.91. The topological polar surface area (TPSA) is 0 Å². The third-order valence-corrected chi connectivity index (χ3v) is 4.56. The molecule has 0 aromatic heterocycles. The lowest BCUT2D eigenvalue weighted by molar-refractivity contribution is 1.49. The highest BCUT2D eigenvalue weighted by Gasteiger charge is 2.08. The van der Waals surface area contributed by atoms with Gasteiger partial charge in [0.15, 0.2) is 0 Å². The van der Waals surface area contributed by atoms with Crippen molar-refractivity contribution in [3.05, 3.63) is 115 Å². The predicted molar refractivity (Wildman–Crippen MR) is 115 cm³/mol. The summed E-state index contributed by atoms with van der Waals surface area (Å²) in [6.07, 6.45) is 6.14. The molecule has 26 heavy (non-hydrogen) atoms. The minimum Gasteiger partial charge on any atom is -0.0988 e. The van der Waals surface area contributed by atoms with Crippen LogP contribution in [0.4, 0.5) is 0 Å². The van der Waals surface area contributed by atoms with E-state index in [9.17, 15) is 0 Å². The third-order valence-electron chi connectivity index (χ3n) is 4.56. The average molecular weight is 336 g/mol. The van der Waals surface area contributed by atoms with Crippen LogP contribution in [-0.2, 0) is 0 Å². The molecule has 3 aromatic rings. The Morgan fingerprint density at radius 3 is 2.04 bits per heavy atom. The second-order valence-corrected chi connectivity index (χ2v) is 6.29. The van der Waals surface area contributed by atoms with Gasteiger partial charge in [-0.15, -0.1) is 0 Å². The lowest BCUT2D eigenvalue weighted by Gasteiger charge is -2.13. The van der Waals surface area contributed by atoms with Crippen molar-refractivity contribution >= 4 is 5.57 Å². The molecule has 0 fully saturated rings. The van der Waals surface area contributed by atoms with Crippen LogP contribution in [0.25, 0.3) is 27.8 Å². The summed E-state index contributed by atoms with van der Waals surface area (Å²) in [5.74, 6) is 0. The van der Waals surface area contributed by atoms with E-state index in [2.05, 4.69) is 105 Å². The number of rotatable bonds is 5. The molecule has 0 spiro atoms. The Morgan fingerprint density at radius 2 is 1.38 bits per heavy atom. The SMILES string of the molecule is C=CC(C)=C(C=CC)c1cccc(-c2ccccc2-c2ccccc2)c1. The van der Waals surface area contributed by atoms with Crippen LogP contribution in [0, 0.1) is 0 Å². The van der Waals surface area contributed by atoms with Crippen LogP contribution >= 0.6 is 0 Å². The molecule has 3 rings (SSSR count). The highest BCUT2D eigenvalue weighted by atomic mass is 14.1. The van der Waals surface area contributed by atoms with E-state index in [1.807, 2.05) is 13.0 Å². The Labute approximate surface area is 156 Å². The molecule has 0 amide bonds. The van der Waals surface area contributed by atoms with E-state index >= 15 is 0 Å². The first kappa shape index (κ1) is 17.7. The van der Waals surface area contributed by atoms with E-state index in [1.165, 1.54) is 39.0 Å². The molecule has 0 saturated heterocycles. The van der Waals surface area contributed by atoms with Crippen LogP contribution in [0.15, 0.2) is 109 Å². The first-order chi connectivity index (χ1) is 12.7. The van der Waals surface area contributed by atoms with Crippen LogP contribution in [0.2, 0.25) is 0 Å². The molecule has 3 aromatic carbocycles. The fourth-order valence-corrected chi connectivity index (χ4v) is 3.19. The molecule has 0 saturated carbocycles. The zero-order valence-electron chi connectivity index (χ0n) is 15.4. The number of benzene rings is 3. The van der Waals surface area contributed by atoms with Gasteiger partial charge in [-0.2, -0.15) is 0 Å². The fourth-order valence-electron chi connectivity index (χ4n) is 3.19. The van der Waals surface area contributed by atoms with Crippen molar-refractivity contribution in [2.45, 2.75) is 13.8 Å². The highest BCUT2D eigenvalue weighted by Crippen LogP contribution is 2.33. The largest absolute Gasteiger partial charge is 0.0988 e. The van der Waals surface area contributed by atoms with Gasteiger partial charge in [0, 0.05) is 0 Å². The second-order valence-electron chi connectivity index (χ2n) is 6.29. The predicted octanol–water partition coefficient (Wildman–Crippen LogP) is 7.56. The van der Waals surface area contributed by atoms with E-state index < -0.39 is 0 Å². The number of allylic oxidation sites excluding steroid dienone is 5. The molecule has 0 aliphatic heterocycles. The van der Waals surface area contributed by atoms with Gasteiger partial charge in [-0.25, -0.2) is 0 Å². The highest BCUT2D eigenvalue weighted by molar-refractivity contribution is 5.86. The molecule has 0 N–H and O–H groups in total. The Morgan fingerprint density at radius 1 is 0.769 bits per heavy atom. The molecule has 128 valence electrons. The van der Waals surface area contributed by atoms with E-state index in [4.69, 9.17) is 0 Å². The number of hydrogen-bond donors (Lipinski definition) is 0. The first-order valence-electron chi connectivity index (χ1n) is 8.96. The van der Waals surface area contributed by atoms with Crippen LogP contribution < -0.4 is 0 Å². The van der Waals surface area contributed by atoms with Gasteiger partial charge in [0.05, 0.1) is 0 Å². The first-order valence-corrected chi connectivity index (χ1v) is 8.96. The van der Waals surface area contributed by atoms with Crippen LogP contribution in [0.5, 0.6) is 0 Å². The molecule has 0 aliphatic carbocycles. The molecule has 0 atom stereocenters. The summed E-state index contributed by atoms with van der Waals surface area (Å²) in [7, 11) is 0. The van der Waals surface area contributed by atoms with E-state index in [0.717, 1.165) is 0 Å². The van der Waals surface area contributed by atoms with Gasteiger partial charge < -0.3 is 0 Å². The molecule has 0 unspecified atom stereocenters. The maximum Gasteiger partial charge on any atom is -0.0105 e. The van der Waals surface area contributed by atoms with Crippen molar-refractivity contribution in [1.82, 2.24) is 0 Å². The molecule has 0 nitrogen and oxygen atoms in total. The molecule has 0 aliphatic rings. The molecule has 0 heterocycles. The molecule has 0 bridgehead atoms. The summed E-state index contributed by atoms with van der Waals surface area (Å²) in [5, 5.41) is 0.